The molecule has 5 nitrogen and oxygen atoms in total. The summed E-state index contributed by atoms with van der Waals surface area (Å²) >= 11 is 0. The lowest BCUT2D eigenvalue weighted by molar-refractivity contribution is -0.651. The standard InChI is InChI=1S/C14H9N4O/c1-2-4-10-9(3-1)8-18-13-12(19-14(10)18)16-11-7-15-5-6-17(11)13/h1-7H,8H2/q+1. The van der Waals surface area contributed by atoms with Crippen molar-refractivity contribution in [3.8, 4) is 11.5 Å². The maximum atomic E-state index is 5.93. The van der Waals surface area contributed by atoms with Crippen LogP contribution in [0.25, 0.3) is 28.5 Å². The Hall–Kier alpha value is -2.69. The van der Waals surface area contributed by atoms with Crippen LogP contribution in [0, 0.1) is 0 Å². The quantitative estimate of drug-likeness (QED) is 0.393. The van der Waals surface area contributed by atoms with Crippen LogP contribution in [-0.2, 0) is 6.54 Å². The molecule has 0 bridgehead atoms. The SMILES string of the molecule is c1ccc2c(c1)C[n+]1c-2oc2nc3cnccn3c21. The summed E-state index contributed by atoms with van der Waals surface area (Å²) in [4.78, 5) is 8.55. The highest BCUT2D eigenvalue weighted by Gasteiger charge is 2.33. The minimum atomic E-state index is 0.664. The zero-order valence-corrected chi connectivity index (χ0v) is 9.95. The summed E-state index contributed by atoms with van der Waals surface area (Å²) < 4.78 is 10.1. The van der Waals surface area contributed by atoms with Crippen molar-refractivity contribution in [2.24, 2.45) is 0 Å². The number of fused-ring (bicyclic) bond motifs is 7. The maximum absolute atomic E-state index is 5.93. The summed E-state index contributed by atoms with van der Waals surface area (Å²) in [6.07, 6.45) is 5.41. The molecule has 0 aliphatic carbocycles. The molecule has 1 aromatic carbocycles. The first kappa shape index (κ1) is 9.27. The van der Waals surface area contributed by atoms with E-state index >= 15 is 0 Å². The summed E-state index contributed by atoms with van der Waals surface area (Å²) in [6.45, 7) is 0.828. The third kappa shape index (κ3) is 1.03. The van der Waals surface area contributed by atoms with Gasteiger partial charge in [-0.05, 0) is 6.07 Å². The number of imidazole rings is 1. The molecule has 0 amide bonds. The van der Waals surface area contributed by atoms with Gasteiger partial charge in [-0.1, -0.05) is 18.2 Å². The van der Waals surface area contributed by atoms with E-state index in [4.69, 9.17) is 4.42 Å². The Bertz CT molecular complexity index is 951. The van der Waals surface area contributed by atoms with Gasteiger partial charge in [0.2, 0.25) is 5.65 Å². The lowest BCUT2D eigenvalue weighted by Crippen LogP contribution is -2.31. The molecule has 5 heteroatoms. The summed E-state index contributed by atoms with van der Waals surface area (Å²) in [5.74, 6) is 0.888. The Morgan fingerprint density at radius 3 is 3.21 bits per heavy atom. The molecule has 0 radical (unpaired) electrons. The molecule has 0 N–H and O–H groups in total. The lowest BCUT2D eigenvalue weighted by atomic mass is 10.1. The van der Waals surface area contributed by atoms with Crippen LogP contribution in [0.1, 0.15) is 5.56 Å². The Kier molecular flexibility index (Phi) is 1.46. The highest BCUT2D eigenvalue weighted by molar-refractivity contribution is 5.72. The number of oxazole rings is 1. The predicted octanol–water partition coefficient (Wildman–Crippen LogP) is 1.79. The second-order valence-electron chi connectivity index (χ2n) is 4.70. The molecule has 0 spiro atoms. The lowest BCUT2D eigenvalue weighted by Gasteiger charge is -1.91. The average Bonchev–Trinajstić information content (AvgIpc) is 3.05. The monoisotopic (exact) mass is 249 g/mol. The predicted molar refractivity (Wildman–Crippen MR) is 67.5 cm³/mol. The van der Waals surface area contributed by atoms with Crippen LogP contribution in [0.4, 0.5) is 0 Å². The van der Waals surface area contributed by atoms with E-state index in [0.29, 0.717) is 5.71 Å². The number of hydrogen-bond acceptors (Lipinski definition) is 3. The normalized spacial score (nSPS) is 13.1. The smallest absolute Gasteiger partial charge is 0.355 e. The van der Waals surface area contributed by atoms with Crippen molar-refractivity contribution in [1.29, 1.82) is 0 Å². The molecule has 3 aromatic heterocycles. The van der Waals surface area contributed by atoms with Gasteiger partial charge in [-0.2, -0.15) is 14.0 Å². The van der Waals surface area contributed by atoms with E-state index in [9.17, 15) is 0 Å². The highest BCUT2D eigenvalue weighted by atomic mass is 16.4. The van der Waals surface area contributed by atoms with E-state index in [-0.39, 0.29) is 0 Å². The largest absolute Gasteiger partial charge is 0.395 e. The minimum absolute atomic E-state index is 0.664. The van der Waals surface area contributed by atoms with Gasteiger partial charge in [-0.3, -0.25) is 4.98 Å². The summed E-state index contributed by atoms with van der Waals surface area (Å²) in [7, 11) is 0. The Labute approximate surface area is 107 Å². The van der Waals surface area contributed by atoms with Gasteiger partial charge in [-0.25, -0.2) is 0 Å². The van der Waals surface area contributed by atoms with Crippen LogP contribution in [0.2, 0.25) is 0 Å². The molecule has 1 aliphatic rings. The van der Waals surface area contributed by atoms with E-state index in [1.54, 1.807) is 12.4 Å². The van der Waals surface area contributed by atoms with Crippen molar-refractivity contribution in [1.82, 2.24) is 14.4 Å². The fourth-order valence-corrected chi connectivity index (χ4v) is 2.81. The van der Waals surface area contributed by atoms with Crippen LogP contribution in [0.5, 0.6) is 0 Å². The van der Waals surface area contributed by atoms with Gasteiger partial charge in [0.05, 0.1) is 18.0 Å². The zero-order valence-electron chi connectivity index (χ0n) is 9.95. The molecule has 5 rings (SSSR count). The fraction of sp³-hybridized carbons (Fsp3) is 0.0714. The minimum Gasteiger partial charge on any atom is -0.395 e. The molecule has 4 aromatic rings. The first-order valence-corrected chi connectivity index (χ1v) is 6.14. The molecule has 0 fully saturated rings. The molecule has 0 atom stereocenters. The zero-order chi connectivity index (χ0) is 12.4. The fourth-order valence-electron chi connectivity index (χ4n) is 2.81. The highest BCUT2D eigenvalue weighted by Crippen LogP contribution is 2.30. The number of rotatable bonds is 0. The molecule has 1 aliphatic heterocycles. The molecule has 90 valence electrons. The number of nitrogens with zero attached hydrogens (tertiary/aromatic N) is 4. The van der Waals surface area contributed by atoms with E-state index < -0.39 is 0 Å². The second-order valence-corrected chi connectivity index (χ2v) is 4.70. The van der Waals surface area contributed by atoms with Crippen molar-refractivity contribution in [3.63, 3.8) is 0 Å². The van der Waals surface area contributed by atoms with E-state index in [2.05, 4.69) is 32.7 Å². The third-order valence-corrected chi connectivity index (χ3v) is 3.64. The van der Waals surface area contributed by atoms with E-state index in [1.165, 1.54) is 5.56 Å². The van der Waals surface area contributed by atoms with Crippen molar-refractivity contribution in [2.75, 3.05) is 0 Å². The van der Waals surface area contributed by atoms with Crippen LogP contribution in [-0.4, -0.2) is 14.4 Å². The van der Waals surface area contributed by atoms with Gasteiger partial charge < -0.3 is 4.42 Å². The molecule has 19 heavy (non-hydrogen) atoms. The first-order chi connectivity index (χ1) is 9.42. The molecular formula is C14H9N4O+. The summed E-state index contributed by atoms with van der Waals surface area (Å²) in [5, 5.41) is 0. The van der Waals surface area contributed by atoms with Crippen LogP contribution in [0.3, 0.4) is 0 Å². The Morgan fingerprint density at radius 2 is 2.21 bits per heavy atom. The van der Waals surface area contributed by atoms with Gasteiger partial charge >= 0.3 is 11.4 Å². The topological polar surface area (TPSA) is 47.2 Å². The van der Waals surface area contributed by atoms with E-state index in [1.807, 2.05) is 16.7 Å². The second kappa shape index (κ2) is 3.00. The Morgan fingerprint density at radius 1 is 1.26 bits per heavy atom. The van der Waals surface area contributed by atoms with Gasteiger partial charge in [-0.15, -0.1) is 0 Å². The number of hydrogen-bond donors (Lipinski definition) is 0. The maximum Gasteiger partial charge on any atom is 0.355 e. The van der Waals surface area contributed by atoms with Gasteiger partial charge in [0.1, 0.15) is 12.7 Å². The summed E-state index contributed by atoms with van der Waals surface area (Å²) in [6, 6.07) is 8.31. The third-order valence-electron chi connectivity index (χ3n) is 3.64. The van der Waals surface area contributed by atoms with Crippen LogP contribution < -0.4 is 4.57 Å². The van der Waals surface area contributed by atoms with Crippen molar-refractivity contribution >= 4 is 17.0 Å². The molecule has 0 saturated carbocycles. The summed E-state index contributed by atoms with van der Waals surface area (Å²) in [5.41, 5.74) is 4.90. The molecule has 0 saturated heterocycles. The molecule has 0 unspecified atom stereocenters. The van der Waals surface area contributed by atoms with Crippen molar-refractivity contribution in [3.05, 3.63) is 48.4 Å². The van der Waals surface area contributed by atoms with Crippen molar-refractivity contribution < 1.29 is 8.98 Å². The first-order valence-electron chi connectivity index (χ1n) is 6.14. The molecule has 4 heterocycles. The van der Waals surface area contributed by atoms with E-state index in [0.717, 1.165) is 29.3 Å². The van der Waals surface area contributed by atoms with Gasteiger partial charge in [0.15, 0.2) is 0 Å². The number of aromatic nitrogens is 4. The van der Waals surface area contributed by atoms with Gasteiger partial charge in [0, 0.05) is 5.56 Å². The average molecular weight is 249 g/mol. The number of benzene rings is 1. The van der Waals surface area contributed by atoms with Crippen LogP contribution >= 0.6 is 0 Å². The Balaban J connectivity index is 1.94. The van der Waals surface area contributed by atoms with Crippen LogP contribution in [0.15, 0.2) is 47.3 Å². The molecular weight excluding hydrogens is 240 g/mol. The van der Waals surface area contributed by atoms with Crippen molar-refractivity contribution in [2.45, 2.75) is 6.54 Å². The van der Waals surface area contributed by atoms with Gasteiger partial charge in [0.25, 0.3) is 5.89 Å².